The molecule has 1 aliphatic carbocycles. The van der Waals surface area contributed by atoms with Gasteiger partial charge < -0.3 is 9.30 Å². The van der Waals surface area contributed by atoms with Gasteiger partial charge in [0.15, 0.2) is 5.78 Å². The van der Waals surface area contributed by atoms with Gasteiger partial charge in [0.1, 0.15) is 18.2 Å². The van der Waals surface area contributed by atoms with Crippen LogP contribution in [-0.2, 0) is 20.9 Å². The molecule has 1 saturated carbocycles. The number of rotatable bonds is 8. The van der Waals surface area contributed by atoms with Crippen LogP contribution in [0.15, 0.2) is 42.2 Å². The number of hydrogen-bond acceptors (Lipinski definition) is 6. The highest BCUT2D eigenvalue weighted by Gasteiger charge is 2.40. The second-order valence-corrected chi connectivity index (χ2v) is 8.94. The first kappa shape index (κ1) is 22.7. The lowest BCUT2D eigenvalue weighted by atomic mass is 9.93. The minimum Gasteiger partial charge on any atom is -0.465 e. The Morgan fingerprint density at radius 1 is 1.31 bits per heavy atom. The fourth-order valence-corrected chi connectivity index (χ4v) is 4.45. The van der Waals surface area contributed by atoms with E-state index in [1.165, 1.54) is 6.07 Å². The molecule has 0 radical (unpaired) electrons. The minimum absolute atomic E-state index is 0.00343. The number of piperidine rings is 1. The number of likely N-dealkylation sites (tertiary alicyclic amines) is 1. The summed E-state index contributed by atoms with van der Waals surface area (Å²) in [6.07, 6.45) is 7.77. The number of carbonyl (C=O) groups is 2. The number of carbonyl (C=O) groups excluding carboxylic acids is 2. The van der Waals surface area contributed by atoms with Gasteiger partial charge >= 0.3 is 5.97 Å². The third-order valence-electron chi connectivity index (χ3n) is 5.98. The summed E-state index contributed by atoms with van der Waals surface area (Å²) < 4.78 is 21.5. The molecule has 0 amide bonds. The smallest absolute Gasteiger partial charge is 0.325 e. The first-order chi connectivity index (χ1) is 15.5. The van der Waals surface area contributed by atoms with Crippen LogP contribution in [0.1, 0.15) is 43.6 Å². The molecule has 2 atom stereocenters. The zero-order valence-corrected chi connectivity index (χ0v) is 19.0. The standard InChI is InChI=1S/C24H28FN3O3S/c1-2-31-22(29)15-27-12-10-26-21(27)13-17-14-28(11-9-20(17)32)23(24(30)16-7-8-16)18-5-3-4-6-19(18)25/h3-6,10,12-13,16,20,23,32H,2,7-9,11,14-15H2,1H3/b17-13+. The van der Waals surface area contributed by atoms with E-state index < -0.39 is 6.04 Å². The summed E-state index contributed by atoms with van der Waals surface area (Å²) in [4.78, 5) is 31.5. The van der Waals surface area contributed by atoms with Crippen molar-refractivity contribution in [3.05, 3.63) is 59.4 Å². The monoisotopic (exact) mass is 457 g/mol. The van der Waals surface area contributed by atoms with Crippen LogP contribution in [-0.4, -0.2) is 51.1 Å². The van der Waals surface area contributed by atoms with Crippen molar-refractivity contribution in [3.63, 3.8) is 0 Å². The van der Waals surface area contributed by atoms with Crippen LogP contribution in [0.25, 0.3) is 6.08 Å². The number of imidazole rings is 1. The molecule has 1 aliphatic heterocycles. The zero-order valence-electron chi connectivity index (χ0n) is 18.1. The van der Waals surface area contributed by atoms with E-state index in [0.717, 1.165) is 24.8 Å². The van der Waals surface area contributed by atoms with Gasteiger partial charge in [-0.3, -0.25) is 14.5 Å². The van der Waals surface area contributed by atoms with Gasteiger partial charge in [-0.25, -0.2) is 9.37 Å². The van der Waals surface area contributed by atoms with Gasteiger partial charge in [0.2, 0.25) is 0 Å². The fraction of sp³-hybridized carbons (Fsp3) is 0.458. The average Bonchev–Trinajstić information content (AvgIpc) is 3.54. The highest BCUT2D eigenvalue weighted by molar-refractivity contribution is 7.81. The van der Waals surface area contributed by atoms with Crippen molar-refractivity contribution in [2.24, 2.45) is 5.92 Å². The van der Waals surface area contributed by atoms with Gasteiger partial charge in [0.05, 0.1) is 12.6 Å². The summed E-state index contributed by atoms with van der Waals surface area (Å²) >= 11 is 4.74. The SMILES string of the molecule is CCOC(=O)Cn1ccnc1/C=C1\CN(C(C(=O)C2CC2)c2ccccc2F)CCC1S. The van der Waals surface area contributed by atoms with Crippen LogP contribution in [0.2, 0.25) is 0 Å². The van der Waals surface area contributed by atoms with Gasteiger partial charge in [-0.2, -0.15) is 12.6 Å². The molecule has 2 unspecified atom stereocenters. The fourth-order valence-electron chi connectivity index (χ4n) is 4.18. The number of hydrogen-bond donors (Lipinski definition) is 1. The zero-order chi connectivity index (χ0) is 22.7. The number of halogens is 1. The van der Waals surface area contributed by atoms with Crippen molar-refractivity contribution < 1.29 is 18.7 Å². The highest BCUT2D eigenvalue weighted by Crippen LogP contribution is 2.39. The van der Waals surface area contributed by atoms with Crippen LogP contribution in [0.5, 0.6) is 0 Å². The Kier molecular flexibility index (Phi) is 7.10. The van der Waals surface area contributed by atoms with Crippen molar-refractivity contribution in [1.29, 1.82) is 0 Å². The third-order valence-corrected chi connectivity index (χ3v) is 6.57. The van der Waals surface area contributed by atoms with Gasteiger partial charge in [-0.15, -0.1) is 0 Å². The Balaban J connectivity index is 1.60. The van der Waals surface area contributed by atoms with Crippen molar-refractivity contribution in [3.8, 4) is 0 Å². The molecule has 0 bridgehead atoms. The summed E-state index contributed by atoms with van der Waals surface area (Å²) in [5.41, 5.74) is 1.42. The number of aromatic nitrogens is 2. The van der Waals surface area contributed by atoms with Crippen molar-refractivity contribution in [2.45, 2.75) is 44.0 Å². The molecule has 1 saturated heterocycles. The van der Waals surface area contributed by atoms with Crippen LogP contribution >= 0.6 is 12.6 Å². The third kappa shape index (κ3) is 5.13. The largest absolute Gasteiger partial charge is 0.465 e. The van der Waals surface area contributed by atoms with Crippen LogP contribution in [0.3, 0.4) is 0 Å². The number of benzene rings is 1. The number of ether oxygens (including phenoxy) is 1. The topological polar surface area (TPSA) is 64.4 Å². The molecule has 2 fully saturated rings. The lowest BCUT2D eigenvalue weighted by molar-refractivity contribution is -0.143. The predicted octanol–water partition coefficient (Wildman–Crippen LogP) is 3.69. The number of esters is 1. The summed E-state index contributed by atoms with van der Waals surface area (Å²) in [7, 11) is 0. The molecule has 2 heterocycles. The Bertz CT molecular complexity index is 1020. The van der Waals surface area contributed by atoms with Crippen molar-refractivity contribution in [2.75, 3.05) is 19.7 Å². The quantitative estimate of drug-likeness (QED) is 0.484. The van der Waals surface area contributed by atoms with E-state index in [0.29, 0.717) is 31.1 Å². The number of ketones is 1. The first-order valence-electron chi connectivity index (χ1n) is 11.1. The molecule has 1 aromatic heterocycles. The Hall–Kier alpha value is -2.45. The van der Waals surface area contributed by atoms with E-state index in [9.17, 15) is 14.0 Å². The molecule has 4 rings (SSSR count). The van der Waals surface area contributed by atoms with Crippen LogP contribution < -0.4 is 0 Å². The first-order valence-corrected chi connectivity index (χ1v) is 11.6. The average molecular weight is 458 g/mol. The van der Waals surface area contributed by atoms with E-state index in [-0.39, 0.29) is 35.3 Å². The maximum absolute atomic E-state index is 14.7. The Morgan fingerprint density at radius 3 is 2.81 bits per heavy atom. The number of Topliss-reactive ketones (excluding diaryl/α,β-unsaturated/α-hetero) is 1. The Labute approximate surface area is 192 Å². The Morgan fingerprint density at radius 2 is 2.09 bits per heavy atom. The number of nitrogens with zero attached hydrogens (tertiary/aromatic N) is 3. The predicted molar refractivity (Wildman–Crippen MR) is 123 cm³/mol. The van der Waals surface area contributed by atoms with Gasteiger partial charge in [0, 0.05) is 42.2 Å². The minimum atomic E-state index is -0.604. The van der Waals surface area contributed by atoms with E-state index in [2.05, 4.69) is 9.88 Å². The molecule has 2 aromatic rings. The second-order valence-electron chi connectivity index (χ2n) is 8.31. The summed E-state index contributed by atoms with van der Waals surface area (Å²) in [6.45, 7) is 3.31. The molecular weight excluding hydrogens is 429 g/mol. The van der Waals surface area contributed by atoms with Crippen molar-refractivity contribution >= 4 is 30.5 Å². The summed E-state index contributed by atoms with van der Waals surface area (Å²) in [6, 6.07) is 5.94. The van der Waals surface area contributed by atoms with Crippen molar-refractivity contribution in [1.82, 2.24) is 14.5 Å². The number of thiol groups is 1. The molecule has 6 nitrogen and oxygen atoms in total. The van der Waals surface area contributed by atoms with Gasteiger partial charge in [0.25, 0.3) is 0 Å². The molecule has 0 N–H and O–H groups in total. The second kappa shape index (κ2) is 10.0. The molecule has 2 aliphatic rings. The molecule has 8 heteroatoms. The van der Waals surface area contributed by atoms with E-state index >= 15 is 0 Å². The van der Waals surface area contributed by atoms with Crippen LogP contribution in [0.4, 0.5) is 4.39 Å². The summed E-state index contributed by atoms with van der Waals surface area (Å²) in [5, 5.41) is -0.00343. The normalized spacial score (nSPS) is 21.5. The van der Waals surface area contributed by atoms with E-state index in [1.807, 2.05) is 6.08 Å². The molecule has 1 aromatic carbocycles. The molecule has 170 valence electrons. The summed E-state index contributed by atoms with van der Waals surface area (Å²) in [5.74, 6) is 0.0625. The van der Waals surface area contributed by atoms with Gasteiger partial charge in [-0.05, 0) is 43.9 Å². The molecule has 32 heavy (non-hydrogen) atoms. The van der Waals surface area contributed by atoms with E-state index in [4.69, 9.17) is 17.4 Å². The maximum atomic E-state index is 14.7. The maximum Gasteiger partial charge on any atom is 0.325 e. The van der Waals surface area contributed by atoms with Crippen LogP contribution in [0, 0.1) is 11.7 Å². The lowest BCUT2D eigenvalue weighted by Gasteiger charge is -2.37. The highest BCUT2D eigenvalue weighted by atomic mass is 32.1. The van der Waals surface area contributed by atoms with E-state index in [1.54, 1.807) is 42.1 Å². The molecule has 0 spiro atoms. The van der Waals surface area contributed by atoms with Gasteiger partial charge in [-0.1, -0.05) is 18.2 Å². The molecular formula is C24H28FN3O3S. The lowest BCUT2D eigenvalue weighted by Crippen LogP contribution is -2.42.